The minimum Gasteiger partial charge on any atom is -0.569 e. The van der Waals surface area contributed by atoms with Crippen LogP contribution in [0, 0.1) is 30.6 Å². The third-order valence-corrected chi connectivity index (χ3v) is 5.00. The van der Waals surface area contributed by atoms with E-state index in [2.05, 4.69) is 10.6 Å². The van der Waals surface area contributed by atoms with E-state index in [9.17, 15) is 35.4 Å². The number of rotatable bonds is 10. The molecule has 1 aliphatic rings. The van der Waals surface area contributed by atoms with Crippen LogP contribution < -0.4 is 9.68 Å². The van der Waals surface area contributed by atoms with Crippen molar-refractivity contribution < 1.29 is 34.3 Å². The number of urea groups is 1. The van der Waals surface area contributed by atoms with E-state index >= 15 is 0 Å². The lowest BCUT2D eigenvalue weighted by molar-refractivity contribution is -0.708. The summed E-state index contributed by atoms with van der Waals surface area (Å²) in [6.45, 7) is 5.49. The van der Waals surface area contributed by atoms with Gasteiger partial charge in [0.25, 0.3) is 0 Å². The highest BCUT2D eigenvalue weighted by Gasteiger charge is 2.30. The van der Waals surface area contributed by atoms with Crippen molar-refractivity contribution in [2.24, 2.45) is 10.6 Å². The van der Waals surface area contributed by atoms with Crippen LogP contribution in [-0.2, 0) is 0 Å². The van der Waals surface area contributed by atoms with Crippen molar-refractivity contribution in [3.8, 4) is 11.5 Å². The van der Waals surface area contributed by atoms with Crippen LogP contribution >= 0.6 is 0 Å². The van der Waals surface area contributed by atoms with Crippen molar-refractivity contribution in [2.45, 2.75) is 13.8 Å². The molecule has 36 heavy (non-hydrogen) atoms. The van der Waals surface area contributed by atoms with E-state index < -0.39 is 32.7 Å². The summed E-state index contributed by atoms with van der Waals surface area (Å²) in [5.74, 6) is -1.34. The summed E-state index contributed by atoms with van der Waals surface area (Å²) < 4.78 is 0. The van der Waals surface area contributed by atoms with Crippen molar-refractivity contribution >= 4 is 17.4 Å². The Balaban J connectivity index is 2.22. The Kier molecular flexibility index (Phi) is 9.28. The Labute approximate surface area is 204 Å². The van der Waals surface area contributed by atoms with E-state index in [-0.39, 0.29) is 42.1 Å². The predicted molar refractivity (Wildman–Crippen MR) is 118 cm³/mol. The summed E-state index contributed by atoms with van der Waals surface area (Å²) in [7, 11) is 2.64. The number of nitrogens with zero attached hydrogens (tertiary/aromatic N) is 10. The first-order valence-electron chi connectivity index (χ1n) is 10.6. The van der Waals surface area contributed by atoms with Crippen molar-refractivity contribution in [2.75, 3.05) is 53.4 Å². The monoisotopic (exact) mass is 514 g/mol. The molecule has 0 atom stereocenters. The summed E-state index contributed by atoms with van der Waals surface area (Å²) in [4.78, 5) is 46.1. The molecule has 0 bridgehead atoms. The Bertz CT molecular complexity index is 1040. The molecule has 1 fully saturated rings. The number of hydrogen-bond acceptors (Lipinski definition) is 11. The first-order valence-corrected chi connectivity index (χ1v) is 10.6. The number of piperazine rings is 1. The normalized spacial score (nSPS) is 14.3. The fourth-order valence-corrected chi connectivity index (χ4v) is 3.01. The van der Waals surface area contributed by atoms with Crippen LogP contribution in [0.2, 0.25) is 0 Å². The van der Waals surface area contributed by atoms with Crippen LogP contribution in [0.25, 0.3) is 0 Å². The smallest absolute Gasteiger partial charge is 0.321 e. The van der Waals surface area contributed by atoms with Gasteiger partial charge in [-0.3, -0.25) is 29.9 Å². The van der Waals surface area contributed by atoms with Crippen LogP contribution in [-0.4, -0.2) is 99.0 Å². The maximum absolute atomic E-state index is 12.4. The Morgan fingerprint density at radius 3 is 1.86 bits per heavy atom. The molecule has 1 heterocycles. The standard InChI is InChI=1S/C17H26N10O9/c1-5-21(6-2)17(28)22-7-9-23(10-8-22)27(34)19-36-16-12-15(35-18-26(33)20(3)4)13(24(29)30)11-14(16)25(31)32/h11-12H,5-10H2,1-4H3/b26-18-,27-19-. The van der Waals surface area contributed by atoms with Gasteiger partial charge >= 0.3 is 17.4 Å². The first kappa shape index (κ1) is 27.5. The summed E-state index contributed by atoms with van der Waals surface area (Å²) in [6.07, 6.45) is 0. The summed E-state index contributed by atoms with van der Waals surface area (Å²) in [5, 5.41) is 55.1. The number of carbonyl (C=O) groups excluding carboxylic acids is 1. The van der Waals surface area contributed by atoms with Crippen molar-refractivity contribution in [1.82, 2.24) is 19.8 Å². The molecule has 1 aromatic carbocycles. The molecule has 0 spiro atoms. The van der Waals surface area contributed by atoms with Gasteiger partial charge in [0.2, 0.25) is 22.1 Å². The van der Waals surface area contributed by atoms with Crippen molar-refractivity contribution in [3.05, 3.63) is 42.8 Å². The highest BCUT2D eigenvalue weighted by Crippen LogP contribution is 2.39. The Morgan fingerprint density at radius 2 is 1.42 bits per heavy atom. The van der Waals surface area contributed by atoms with Gasteiger partial charge in [0.1, 0.15) is 6.07 Å². The lowest BCUT2D eigenvalue weighted by atomic mass is 10.2. The molecule has 0 N–H and O–H groups in total. The molecular weight excluding hydrogens is 488 g/mol. The fraction of sp³-hybridized carbons (Fsp3) is 0.588. The number of carbonyl (C=O) groups is 1. The quantitative estimate of drug-likeness (QED) is 0.189. The van der Waals surface area contributed by atoms with Gasteiger partial charge in [0.05, 0.1) is 47.0 Å². The lowest BCUT2D eigenvalue weighted by Crippen LogP contribution is -2.54. The molecule has 198 valence electrons. The van der Waals surface area contributed by atoms with E-state index in [0.29, 0.717) is 25.2 Å². The maximum Gasteiger partial charge on any atom is 0.321 e. The average molecular weight is 514 g/mol. The average Bonchev–Trinajstić information content (AvgIpc) is 2.85. The van der Waals surface area contributed by atoms with E-state index in [1.807, 2.05) is 13.8 Å². The molecule has 0 radical (unpaired) electrons. The fourth-order valence-electron chi connectivity index (χ4n) is 3.01. The van der Waals surface area contributed by atoms with Crippen molar-refractivity contribution in [3.63, 3.8) is 0 Å². The second-order valence-corrected chi connectivity index (χ2v) is 7.40. The van der Waals surface area contributed by atoms with Gasteiger partial charge in [-0.05, 0) is 13.8 Å². The number of nitro benzene ring substituents is 2. The zero-order chi connectivity index (χ0) is 27.0. The molecule has 1 aliphatic heterocycles. The largest absolute Gasteiger partial charge is 0.569 e. The molecule has 1 saturated heterocycles. The molecule has 0 aromatic heterocycles. The summed E-state index contributed by atoms with van der Waals surface area (Å²) in [6, 6.07) is 1.07. The van der Waals surface area contributed by atoms with Crippen molar-refractivity contribution in [1.29, 1.82) is 0 Å². The highest BCUT2D eigenvalue weighted by atomic mass is 16.7. The second-order valence-electron chi connectivity index (χ2n) is 7.40. The molecule has 19 heteroatoms. The summed E-state index contributed by atoms with van der Waals surface area (Å²) in [5.41, 5.74) is -1.76. The highest BCUT2D eigenvalue weighted by molar-refractivity contribution is 5.74. The molecule has 0 aliphatic carbocycles. The molecule has 2 amide bonds. The van der Waals surface area contributed by atoms with E-state index in [4.69, 9.17) is 9.68 Å². The number of benzene rings is 1. The minimum absolute atomic E-state index is 0.0416. The van der Waals surface area contributed by atoms with E-state index in [1.54, 1.807) is 9.80 Å². The van der Waals surface area contributed by atoms with E-state index in [1.165, 1.54) is 19.1 Å². The van der Waals surface area contributed by atoms with Gasteiger partial charge in [-0.2, -0.15) is 5.01 Å². The van der Waals surface area contributed by atoms with Gasteiger partial charge < -0.3 is 20.2 Å². The zero-order valence-corrected chi connectivity index (χ0v) is 20.0. The Morgan fingerprint density at radius 1 is 0.917 bits per heavy atom. The van der Waals surface area contributed by atoms with Crippen LogP contribution in [0.3, 0.4) is 0 Å². The van der Waals surface area contributed by atoms with Gasteiger partial charge in [0.15, 0.2) is 0 Å². The van der Waals surface area contributed by atoms with Crippen LogP contribution in [0.5, 0.6) is 11.5 Å². The summed E-state index contributed by atoms with van der Waals surface area (Å²) >= 11 is 0. The predicted octanol–water partition coefficient (Wildman–Crippen LogP) is 1.49. The van der Waals surface area contributed by atoms with Gasteiger partial charge in [-0.25, -0.2) is 4.79 Å². The third kappa shape index (κ3) is 6.67. The lowest BCUT2D eigenvalue weighted by Gasteiger charge is -2.34. The van der Waals surface area contributed by atoms with Gasteiger partial charge in [-0.15, -0.1) is 5.01 Å². The second kappa shape index (κ2) is 12.1. The number of amides is 2. The van der Waals surface area contributed by atoms with Gasteiger partial charge in [0, 0.05) is 32.2 Å². The van der Waals surface area contributed by atoms with Crippen LogP contribution in [0.4, 0.5) is 16.2 Å². The van der Waals surface area contributed by atoms with E-state index in [0.717, 1.165) is 5.01 Å². The van der Waals surface area contributed by atoms with Gasteiger partial charge in [-0.1, -0.05) is 0 Å². The molecule has 0 unspecified atom stereocenters. The number of nitro groups is 2. The molecule has 1 aromatic rings. The maximum atomic E-state index is 12.4. The third-order valence-electron chi connectivity index (χ3n) is 5.00. The van der Waals surface area contributed by atoms with Crippen LogP contribution in [0.15, 0.2) is 22.7 Å². The Hall–Kier alpha value is -4.71. The number of hydrogen-bond donors (Lipinski definition) is 0. The molecular formula is C17H26N10O9. The zero-order valence-electron chi connectivity index (χ0n) is 20.0. The number of hydrazine groups is 2. The molecule has 19 nitrogen and oxygen atoms in total. The topological polar surface area (TPSA) is 212 Å². The SMILES string of the molecule is CCN(CC)C(=O)N1CCN(/[N+]([O-])=N/Oc2cc(O/N=[N+](\[O-])N(C)C)c([N+](=O)[O-])cc2[N+](=O)[O-])CC1. The first-order chi connectivity index (χ1) is 17.0. The molecule has 0 saturated carbocycles. The molecule has 2 rings (SSSR count). The minimum atomic E-state index is -0.984. The van der Waals surface area contributed by atoms with Crippen LogP contribution in [0.1, 0.15) is 13.8 Å².